The highest BCUT2D eigenvalue weighted by Crippen LogP contribution is 2.57. The van der Waals surface area contributed by atoms with Gasteiger partial charge in [0.2, 0.25) is 0 Å². The maximum atomic E-state index is 12.8. The first-order valence-electron chi connectivity index (χ1n) is 9.86. The highest BCUT2D eigenvalue weighted by molar-refractivity contribution is 5.94. The Bertz CT molecular complexity index is 680. The van der Waals surface area contributed by atoms with Crippen molar-refractivity contribution >= 4 is 5.91 Å². The van der Waals surface area contributed by atoms with Gasteiger partial charge >= 0.3 is 6.18 Å². The van der Waals surface area contributed by atoms with Crippen LogP contribution in [0.25, 0.3) is 0 Å². The lowest BCUT2D eigenvalue weighted by molar-refractivity contribution is -0.182. The Kier molecular flexibility index (Phi) is 4.73. The molecule has 148 valence electrons. The molecular formula is C21H26F3NO2. The zero-order chi connectivity index (χ0) is 19.2. The summed E-state index contributed by atoms with van der Waals surface area (Å²) in [6.07, 6.45) is 2.75. The molecule has 3 nitrogen and oxygen atoms in total. The van der Waals surface area contributed by atoms with Gasteiger partial charge in [0.05, 0.1) is 17.3 Å². The van der Waals surface area contributed by atoms with Crippen LogP contribution in [0.4, 0.5) is 13.2 Å². The van der Waals surface area contributed by atoms with Crippen LogP contribution in [0, 0.1) is 17.8 Å². The maximum absolute atomic E-state index is 12.8. The molecule has 4 aliphatic rings. The highest BCUT2D eigenvalue weighted by atomic mass is 19.4. The molecule has 6 heteroatoms. The van der Waals surface area contributed by atoms with Crippen LogP contribution < -0.4 is 5.32 Å². The van der Waals surface area contributed by atoms with Gasteiger partial charge in [0.1, 0.15) is 0 Å². The van der Waals surface area contributed by atoms with Crippen molar-refractivity contribution < 1.29 is 22.7 Å². The fraction of sp³-hybridized carbons (Fsp3) is 0.667. The summed E-state index contributed by atoms with van der Waals surface area (Å²) in [5.74, 6) is 1.84. The van der Waals surface area contributed by atoms with Crippen molar-refractivity contribution in [2.75, 3.05) is 6.54 Å². The summed E-state index contributed by atoms with van der Waals surface area (Å²) in [4.78, 5) is 12.3. The lowest BCUT2D eigenvalue weighted by Gasteiger charge is -2.57. The van der Waals surface area contributed by atoms with Gasteiger partial charge in [-0.1, -0.05) is 6.07 Å². The Morgan fingerprint density at radius 3 is 2.33 bits per heavy atom. The van der Waals surface area contributed by atoms with E-state index in [9.17, 15) is 18.0 Å². The van der Waals surface area contributed by atoms with Gasteiger partial charge < -0.3 is 10.1 Å². The second-order valence-electron chi connectivity index (χ2n) is 8.82. The molecule has 27 heavy (non-hydrogen) atoms. The topological polar surface area (TPSA) is 38.3 Å². The second-order valence-corrected chi connectivity index (χ2v) is 8.82. The number of rotatable bonds is 5. The van der Waals surface area contributed by atoms with Gasteiger partial charge in [0, 0.05) is 12.1 Å². The van der Waals surface area contributed by atoms with Crippen LogP contribution in [-0.4, -0.2) is 24.2 Å². The molecule has 1 aromatic rings. The van der Waals surface area contributed by atoms with Crippen LogP contribution in [-0.2, 0) is 10.9 Å². The predicted molar refractivity (Wildman–Crippen MR) is 95.2 cm³/mol. The molecular weight excluding hydrogens is 355 g/mol. The summed E-state index contributed by atoms with van der Waals surface area (Å²) in [6.45, 7) is 2.24. The molecule has 0 aromatic heterocycles. The number of alkyl halides is 3. The molecule has 0 saturated heterocycles. The van der Waals surface area contributed by atoms with E-state index in [1.165, 1.54) is 31.4 Å². The van der Waals surface area contributed by atoms with E-state index < -0.39 is 17.6 Å². The summed E-state index contributed by atoms with van der Waals surface area (Å²) in [5.41, 5.74) is -0.838. The molecule has 0 unspecified atom stereocenters. The Labute approximate surface area is 157 Å². The number of benzene rings is 1. The van der Waals surface area contributed by atoms with Crippen LogP contribution in [0.15, 0.2) is 24.3 Å². The molecule has 0 aliphatic heterocycles. The van der Waals surface area contributed by atoms with Crippen LogP contribution in [0.3, 0.4) is 0 Å². The number of amides is 1. The van der Waals surface area contributed by atoms with Gasteiger partial charge in [-0.3, -0.25) is 4.79 Å². The molecule has 0 heterocycles. The number of carbonyl (C=O) groups excluding carboxylic acids is 1. The van der Waals surface area contributed by atoms with Crippen LogP contribution in [0.5, 0.6) is 0 Å². The number of halogens is 3. The van der Waals surface area contributed by atoms with E-state index in [1.54, 1.807) is 0 Å². The molecule has 1 amide bonds. The predicted octanol–water partition coefficient (Wildman–Crippen LogP) is 4.81. The standard InChI is InChI=1S/C21H26F3NO2/c1-13(27-20-9-14-5-15(10-20)7-16(6-14)11-20)12-25-19(26)17-3-2-4-18(8-17)21(22,23)24/h2-4,8,13-16H,5-7,9-12H2,1H3,(H,25,26)/t13-,14?,15?,16?,20?/m1/s1. The molecule has 1 atom stereocenters. The van der Waals surface area contributed by atoms with E-state index in [0.29, 0.717) is 6.54 Å². The van der Waals surface area contributed by atoms with Crippen LogP contribution >= 0.6 is 0 Å². The van der Waals surface area contributed by atoms with E-state index in [0.717, 1.165) is 49.1 Å². The van der Waals surface area contributed by atoms with E-state index in [2.05, 4.69) is 5.32 Å². The third kappa shape index (κ3) is 4.00. The van der Waals surface area contributed by atoms with Crippen molar-refractivity contribution in [1.29, 1.82) is 0 Å². The van der Waals surface area contributed by atoms with Gasteiger partial charge in [-0.15, -0.1) is 0 Å². The minimum absolute atomic E-state index is 0.0202. The smallest absolute Gasteiger partial charge is 0.370 e. The fourth-order valence-corrected chi connectivity index (χ4v) is 5.82. The summed E-state index contributed by atoms with van der Waals surface area (Å²) < 4.78 is 44.8. The zero-order valence-corrected chi connectivity index (χ0v) is 15.5. The minimum Gasteiger partial charge on any atom is -0.370 e. The van der Waals surface area contributed by atoms with Gasteiger partial charge in [-0.05, 0) is 81.4 Å². The van der Waals surface area contributed by atoms with E-state index in [1.807, 2.05) is 6.92 Å². The Balaban J connectivity index is 1.33. The highest BCUT2D eigenvalue weighted by Gasteiger charge is 2.52. The third-order valence-corrected chi connectivity index (χ3v) is 6.44. The van der Waals surface area contributed by atoms with Crippen molar-refractivity contribution in [3.05, 3.63) is 35.4 Å². The molecule has 0 radical (unpaired) electrons. The molecule has 4 saturated carbocycles. The number of nitrogens with one attached hydrogen (secondary N) is 1. The van der Waals surface area contributed by atoms with Crippen molar-refractivity contribution in [3.63, 3.8) is 0 Å². The lowest BCUT2D eigenvalue weighted by atomic mass is 9.54. The molecule has 5 rings (SSSR count). The summed E-state index contributed by atoms with van der Waals surface area (Å²) >= 11 is 0. The minimum atomic E-state index is -4.45. The molecule has 0 spiro atoms. The second kappa shape index (κ2) is 6.80. The van der Waals surface area contributed by atoms with Gasteiger partial charge in [-0.25, -0.2) is 0 Å². The quantitative estimate of drug-likeness (QED) is 0.795. The molecule has 1 N–H and O–H groups in total. The Morgan fingerprint density at radius 2 is 1.78 bits per heavy atom. The van der Waals surface area contributed by atoms with Gasteiger partial charge in [0.25, 0.3) is 5.91 Å². The summed E-state index contributed by atoms with van der Waals surface area (Å²) in [7, 11) is 0. The van der Waals surface area contributed by atoms with Crippen LogP contribution in [0.1, 0.15) is 61.4 Å². The van der Waals surface area contributed by atoms with Gasteiger partial charge in [-0.2, -0.15) is 13.2 Å². The Morgan fingerprint density at radius 1 is 1.19 bits per heavy atom. The SMILES string of the molecule is C[C@H](CNC(=O)c1cccc(C(F)(F)F)c1)OC12CC3CC(CC(C3)C1)C2. The van der Waals surface area contributed by atoms with Crippen molar-refractivity contribution in [1.82, 2.24) is 5.32 Å². The first-order valence-corrected chi connectivity index (χ1v) is 9.86. The first kappa shape index (κ1) is 18.8. The average molecular weight is 381 g/mol. The Hall–Kier alpha value is -1.56. The first-order chi connectivity index (χ1) is 12.7. The molecule has 4 aliphatic carbocycles. The lowest BCUT2D eigenvalue weighted by Crippen LogP contribution is -2.53. The summed E-state index contributed by atoms with van der Waals surface area (Å²) in [6, 6.07) is 4.51. The van der Waals surface area contributed by atoms with E-state index in [4.69, 9.17) is 4.74 Å². The molecule has 4 bridgehead atoms. The van der Waals surface area contributed by atoms with Crippen molar-refractivity contribution in [2.45, 2.75) is 63.3 Å². The third-order valence-electron chi connectivity index (χ3n) is 6.44. The van der Waals surface area contributed by atoms with Crippen molar-refractivity contribution in [3.8, 4) is 0 Å². The fourth-order valence-electron chi connectivity index (χ4n) is 5.82. The summed E-state index contributed by atoms with van der Waals surface area (Å²) in [5, 5.41) is 2.73. The van der Waals surface area contributed by atoms with Crippen LogP contribution in [0.2, 0.25) is 0 Å². The normalized spacial score (nSPS) is 33.1. The van der Waals surface area contributed by atoms with E-state index >= 15 is 0 Å². The largest absolute Gasteiger partial charge is 0.416 e. The number of hydrogen-bond acceptors (Lipinski definition) is 2. The molecule has 1 aromatic carbocycles. The number of ether oxygens (including phenoxy) is 1. The van der Waals surface area contributed by atoms with Crippen molar-refractivity contribution in [2.24, 2.45) is 17.8 Å². The number of hydrogen-bond donors (Lipinski definition) is 1. The zero-order valence-electron chi connectivity index (χ0n) is 15.5. The monoisotopic (exact) mass is 381 g/mol. The van der Waals surface area contributed by atoms with E-state index in [-0.39, 0.29) is 17.3 Å². The average Bonchev–Trinajstić information content (AvgIpc) is 2.57. The number of carbonyl (C=O) groups is 1. The maximum Gasteiger partial charge on any atom is 0.416 e. The van der Waals surface area contributed by atoms with Gasteiger partial charge in [0.15, 0.2) is 0 Å². The molecule has 4 fully saturated rings.